The summed E-state index contributed by atoms with van der Waals surface area (Å²) >= 11 is 0. The Hall–Kier alpha value is -2.68. The zero-order valence-electron chi connectivity index (χ0n) is 13.9. The van der Waals surface area contributed by atoms with Gasteiger partial charge in [-0.2, -0.15) is 4.98 Å². The second kappa shape index (κ2) is 5.16. The molecule has 5 rings (SSSR count). The zero-order valence-corrected chi connectivity index (χ0v) is 13.9. The standard InChI is InChI=1S/C17H15F2N3O4/c1-24-13-14(25-6-9-2-3-10(18)11(19)4-9)20-16(23)21-7-17-8-26-12(17)5-22(17)15(13)21/h2-4,12H,5-8H2,1H3. The highest BCUT2D eigenvalue weighted by Crippen LogP contribution is 2.53. The minimum absolute atomic E-state index is 0.0363. The molecule has 0 bridgehead atoms. The van der Waals surface area contributed by atoms with Gasteiger partial charge >= 0.3 is 5.69 Å². The lowest BCUT2D eigenvalue weighted by Gasteiger charge is -2.61. The molecule has 2 unspecified atom stereocenters. The number of ether oxygens (including phenoxy) is 3. The maximum atomic E-state index is 13.3. The van der Waals surface area contributed by atoms with Crippen molar-refractivity contribution in [3.63, 3.8) is 0 Å². The topological polar surface area (TPSA) is 65.8 Å². The SMILES string of the molecule is COc1c(OCc2ccc(F)c(F)c2)nc(=O)n2c1N1CC3OCC31C2. The van der Waals surface area contributed by atoms with Crippen LogP contribution in [-0.2, 0) is 17.9 Å². The van der Waals surface area contributed by atoms with E-state index in [1.807, 2.05) is 0 Å². The van der Waals surface area contributed by atoms with E-state index in [-0.39, 0.29) is 24.1 Å². The summed E-state index contributed by atoms with van der Waals surface area (Å²) in [6, 6.07) is 3.48. The fraction of sp³-hybridized carbons (Fsp3) is 0.412. The highest BCUT2D eigenvalue weighted by Gasteiger charge is 2.66. The summed E-state index contributed by atoms with van der Waals surface area (Å²) in [5, 5.41) is 0. The number of hydrogen-bond acceptors (Lipinski definition) is 6. The fourth-order valence-corrected chi connectivity index (χ4v) is 3.88. The molecule has 4 heterocycles. The van der Waals surface area contributed by atoms with E-state index in [9.17, 15) is 13.6 Å². The summed E-state index contributed by atoms with van der Waals surface area (Å²) in [5.74, 6) is -0.866. The quantitative estimate of drug-likeness (QED) is 0.810. The molecule has 26 heavy (non-hydrogen) atoms. The minimum atomic E-state index is -0.960. The average Bonchev–Trinajstić information content (AvgIpc) is 2.95. The molecule has 0 amide bonds. The molecular weight excluding hydrogens is 348 g/mol. The highest BCUT2D eigenvalue weighted by atomic mass is 19.2. The van der Waals surface area contributed by atoms with Crippen LogP contribution in [0.25, 0.3) is 0 Å². The minimum Gasteiger partial charge on any atom is -0.489 e. The Balaban J connectivity index is 1.48. The molecule has 1 aromatic carbocycles. The van der Waals surface area contributed by atoms with Gasteiger partial charge in [-0.25, -0.2) is 13.6 Å². The fourth-order valence-electron chi connectivity index (χ4n) is 3.88. The first-order chi connectivity index (χ1) is 12.5. The molecule has 0 aliphatic carbocycles. The van der Waals surface area contributed by atoms with E-state index in [0.29, 0.717) is 36.8 Å². The second-order valence-corrected chi connectivity index (χ2v) is 6.69. The molecule has 2 saturated heterocycles. The lowest BCUT2D eigenvalue weighted by atomic mass is 9.79. The Morgan fingerprint density at radius 1 is 1.38 bits per heavy atom. The summed E-state index contributed by atoms with van der Waals surface area (Å²) in [6.07, 6.45) is 0.123. The zero-order chi connectivity index (χ0) is 18.1. The van der Waals surface area contributed by atoms with Gasteiger partial charge < -0.3 is 19.1 Å². The van der Waals surface area contributed by atoms with Gasteiger partial charge in [0.25, 0.3) is 5.88 Å². The summed E-state index contributed by atoms with van der Waals surface area (Å²) in [7, 11) is 1.48. The number of anilines is 1. The Morgan fingerprint density at radius 3 is 2.88 bits per heavy atom. The number of methoxy groups -OCH3 is 1. The summed E-state index contributed by atoms with van der Waals surface area (Å²) in [5.41, 5.74) is -0.198. The highest BCUT2D eigenvalue weighted by molar-refractivity contribution is 5.66. The molecule has 0 radical (unpaired) electrons. The van der Waals surface area contributed by atoms with Gasteiger partial charge in [-0.3, -0.25) is 4.57 Å². The van der Waals surface area contributed by atoms with Crippen molar-refractivity contribution in [1.82, 2.24) is 9.55 Å². The van der Waals surface area contributed by atoms with Crippen molar-refractivity contribution in [3.8, 4) is 11.6 Å². The lowest BCUT2D eigenvalue weighted by Crippen LogP contribution is -2.80. The van der Waals surface area contributed by atoms with Gasteiger partial charge in [0.1, 0.15) is 18.2 Å². The van der Waals surface area contributed by atoms with Gasteiger partial charge in [0.2, 0.25) is 5.75 Å². The van der Waals surface area contributed by atoms with Gasteiger partial charge in [-0.1, -0.05) is 6.07 Å². The first-order valence-corrected chi connectivity index (χ1v) is 8.18. The van der Waals surface area contributed by atoms with E-state index in [0.717, 1.165) is 12.1 Å². The van der Waals surface area contributed by atoms with Crippen LogP contribution >= 0.6 is 0 Å². The third-order valence-electron chi connectivity index (χ3n) is 5.35. The van der Waals surface area contributed by atoms with Crippen LogP contribution in [0.15, 0.2) is 23.0 Å². The van der Waals surface area contributed by atoms with Gasteiger partial charge in [0.15, 0.2) is 17.5 Å². The Bertz CT molecular complexity index is 979. The predicted molar refractivity (Wildman–Crippen MR) is 85.6 cm³/mol. The second-order valence-electron chi connectivity index (χ2n) is 6.69. The van der Waals surface area contributed by atoms with Gasteiger partial charge in [0.05, 0.1) is 20.3 Å². The molecule has 2 fully saturated rings. The summed E-state index contributed by atoms with van der Waals surface area (Å²) < 4.78 is 44.5. The van der Waals surface area contributed by atoms with Crippen molar-refractivity contribution in [2.24, 2.45) is 0 Å². The monoisotopic (exact) mass is 363 g/mol. The van der Waals surface area contributed by atoms with Crippen LogP contribution in [0.4, 0.5) is 14.6 Å². The molecule has 1 aromatic heterocycles. The molecule has 1 spiro atoms. The third-order valence-corrected chi connectivity index (χ3v) is 5.35. The van der Waals surface area contributed by atoms with Crippen LogP contribution in [0.5, 0.6) is 11.6 Å². The number of fused-ring (bicyclic) bond motifs is 2. The maximum Gasteiger partial charge on any atom is 0.352 e. The molecule has 136 valence electrons. The lowest BCUT2D eigenvalue weighted by molar-refractivity contribution is -0.174. The van der Waals surface area contributed by atoms with Gasteiger partial charge in [-0.05, 0) is 17.7 Å². The Morgan fingerprint density at radius 2 is 2.23 bits per heavy atom. The maximum absolute atomic E-state index is 13.3. The molecule has 0 N–H and O–H groups in total. The molecule has 2 aromatic rings. The first kappa shape index (κ1) is 15.6. The van der Waals surface area contributed by atoms with Crippen molar-refractivity contribution < 1.29 is 23.0 Å². The number of rotatable bonds is 4. The van der Waals surface area contributed by atoms with E-state index in [1.165, 1.54) is 13.2 Å². The number of benzene rings is 1. The third kappa shape index (κ3) is 1.89. The van der Waals surface area contributed by atoms with Gasteiger partial charge in [-0.15, -0.1) is 0 Å². The molecule has 9 heteroatoms. The number of aromatic nitrogens is 2. The van der Waals surface area contributed by atoms with Crippen molar-refractivity contribution in [2.45, 2.75) is 24.8 Å². The van der Waals surface area contributed by atoms with Crippen molar-refractivity contribution in [2.75, 3.05) is 25.2 Å². The van der Waals surface area contributed by atoms with Crippen LogP contribution in [0.3, 0.4) is 0 Å². The Labute approximate surface area is 146 Å². The van der Waals surface area contributed by atoms with E-state index < -0.39 is 17.3 Å². The molecular formula is C17H15F2N3O4. The van der Waals surface area contributed by atoms with Crippen LogP contribution < -0.4 is 20.1 Å². The number of halogens is 2. The van der Waals surface area contributed by atoms with E-state index in [1.54, 1.807) is 4.57 Å². The summed E-state index contributed by atoms with van der Waals surface area (Å²) in [6.45, 7) is 1.69. The van der Waals surface area contributed by atoms with E-state index >= 15 is 0 Å². The van der Waals surface area contributed by atoms with E-state index in [2.05, 4.69) is 9.88 Å². The van der Waals surface area contributed by atoms with Crippen LogP contribution in [0.1, 0.15) is 5.56 Å². The molecule has 2 atom stereocenters. The largest absolute Gasteiger partial charge is 0.489 e. The smallest absolute Gasteiger partial charge is 0.352 e. The molecule has 0 saturated carbocycles. The van der Waals surface area contributed by atoms with Crippen molar-refractivity contribution in [1.29, 1.82) is 0 Å². The van der Waals surface area contributed by atoms with E-state index in [4.69, 9.17) is 14.2 Å². The van der Waals surface area contributed by atoms with Crippen LogP contribution in [0.2, 0.25) is 0 Å². The Kier molecular flexibility index (Phi) is 3.09. The van der Waals surface area contributed by atoms with Crippen molar-refractivity contribution >= 4 is 5.82 Å². The summed E-state index contributed by atoms with van der Waals surface area (Å²) in [4.78, 5) is 18.5. The van der Waals surface area contributed by atoms with Crippen LogP contribution in [-0.4, -0.2) is 41.5 Å². The number of nitrogens with zero attached hydrogens (tertiary/aromatic N) is 3. The molecule has 7 nitrogen and oxygen atoms in total. The molecule has 3 aliphatic heterocycles. The van der Waals surface area contributed by atoms with Crippen molar-refractivity contribution in [3.05, 3.63) is 45.9 Å². The average molecular weight is 363 g/mol. The van der Waals surface area contributed by atoms with Crippen LogP contribution in [0, 0.1) is 11.6 Å². The number of hydrogen-bond donors (Lipinski definition) is 0. The first-order valence-electron chi connectivity index (χ1n) is 8.18. The van der Waals surface area contributed by atoms with Gasteiger partial charge in [0, 0.05) is 6.54 Å². The molecule has 3 aliphatic rings. The predicted octanol–water partition coefficient (Wildman–Crippen LogP) is 1.08. The number of morpholine rings is 1. The normalized spacial score (nSPS) is 24.9.